The normalized spacial score (nSPS) is 10.4. The summed E-state index contributed by atoms with van der Waals surface area (Å²) in [6.45, 7) is 1.05. The van der Waals surface area contributed by atoms with Crippen molar-refractivity contribution in [1.82, 2.24) is 10.2 Å². The van der Waals surface area contributed by atoms with Crippen LogP contribution >= 0.6 is 0 Å². The summed E-state index contributed by atoms with van der Waals surface area (Å²) in [7, 11) is 1.55. The van der Waals surface area contributed by atoms with E-state index >= 15 is 0 Å². The van der Waals surface area contributed by atoms with Crippen LogP contribution in [0.25, 0.3) is 0 Å². The molecule has 0 radical (unpaired) electrons. The molecule has 3 aromatic rings. The Hall–Kier alpha value is -3.74. The van der Waals surface area contributed by atoms with Gasteiger partial charge in [0.25, 0.3) is 0 Å². The molecule has 31 heavy (non-hydrogen) atoms. The maximum absolute atomic E-state index is 12.9. The van der Waals surface area contributed by atoms with E-state index in [4.69, 9.17) is 9.15 Å². The lowest BCUT2D eigenvalue weighted by atomic mass is 10.1. The van der Waals surface area contributed by atoms with Crippen LogP contribution in [0.2, 0.25) is 0 Å². The van der Waals surface area contributed by atoms with Crippen molar-refractivity contribution in [3.05, 3.63) is 84.3 Å². The van der Waals surface area contributed by atoms with Crippen molar-refractivity contribution in [2.75, 3.05) is 25.5 Å². The largest absolute Gasteiger partial charge is 0.495 e. The number of nitrogens with zero attached hydrogens (tertiary/aromatic N) is 1. The lowest BCUT2D eigenvalue weighted by Crippen LogP contribution is -2.38. The molecule has 0 unspecified atom stereocenters. The van der Waals surface area contributed by atoms with E-state index < -0.39 is 0 Å². The number of amides is 3. The Morgan fingerprint density at radius 1 is 1.00 bits per heavy atom. The fourth-order valence-electron chi connectivity index (χ4n) is 3.10. The second-order valence-electron chi connectivity index (χ2n) is 6.97. The van der Waals surface area contributed by atoms with Crippen LogP contribution in [0.1, 0.15) is 17.7 Å². The highest BCUT2D eigenvalue weighted by Crippen LogP contribution is 2.23. The highest BCUT2D eigenvalue weighted by atomic mass is 16.5. The van der Waals surface area contributed by atoms with Gasteiger partial charge in [0.1, 0.15) is 11.5 Å². The van der Waals surface area contributed by atoms with Gasteiger partial charge in [-0.25, -0.2) is 4.79 Å². The number of anilines is 1. The molecule has 0 spiro atoms. The summed E-state index contributed by atoms with van der Waals surface area (Å²) >= 11 is 0. The van der Waals surface area contributed by atoms with E-state index in [1.165, 1.54) is 5.56 Å². The Labute approximate surface area is 182 Å². The molecule has 0 saturated heterocycles. The maximum Gasteiger partial charge on any atom is 0.322 e. The summed E-state index contributed by atoms with van der Waals surface area (Å²) in [6.07, 6.45) is 2.51. The van der Waals surface area contributed by atoms with Crippen molar-refractivity contribution in [1.29, 1.82) is 0 Å². The smallest absolute Gasteiger partial charge is 0.322 e. The SMILES string of the molecule is COc1ccccc1NC(=O)N(CCC(=O)NCCc1ccccc1)Cc1ccco1. The van der Waals surface area contributed by atoms with Crippen LogP contribution in [0.15, 0.2) is 77.4 Å². The molecule has 1 heterocycles. The number of carbonyl (C=O) groups is 2. The number of carbonyl (C=O) groups excluding carboxylic acids is 2. The zero-order chi connectivity index (χ0) is 21.9. The van der Waals surface area contributed by atoms with E-state index in [0.29, 0.717) is 23.7 Å². The first-order chi connectivity index (χ1) is 15.2. The van der Waals surface area contributed by atoms with Gasteiger partial charge >= 0.3 is 6.03 Å². The van der Waals surface area contributed by atoms with Crippen LogP contribution in [0.4, 0.5) is 10.5 Å². The number of hydrogen-bond acceptors (Lipinski definition) is 4. The Morgan fingerprint density at radius 2 is 1.77 bits per heavy atom. The van der Waals surface area contributed by atoms with Crippen LogP contribution < -0.4 is 15.4 Å². The summed E-state index contributed by atoms with van der Waals surface area (Å²) in [6, 6.07) is 20.4. The van der Waals surface area contributed by atoms with E-state index in [2.05, 4.69) is 10.6 Å². The van der Waals surface area contributed by atoms with Gasteiger partial charge in [0.05, 0.1) is 25.6 Å². The van der Waals surface area contributed by atoms with Crippen molar-refractivity contribution < 1.29 is 18.7 Å². The number of rotatable bonds is 10. The van der Waals surface area contributed by atoms with Crippen LogP contribution in [0.3, 0.4) is 0 Å². The molecule has 0 atom stereocenters. The third kappa shape index (κ3) is 6.92. The summed E-state index contributed by atoms with van der Waals surface area (Å²) in [5, 5.41) is 5.76. The first-order valence-corrected chi connectivity index (χ1v) is 10.2. The number of hydrogen-bond donors (Lipinski definition) is 2. The van der Waals surface area contributed by atoms with Crippen molar-refractivity contribution in [3.63, 3.8) is 0 Å². The van der Waals surface area contributed by atoms with Gasteiger partial charge in [-0.2, -0.15) is 0 Å². The highest BCUT2D eigenvalue weighted by molar-refractivity contribution is 5.91. The van der Waals surface area contributed by atoms with Gasteiger partial charge < -0.3 is 24.7 Å². The molecule has 162 valence electrons. The molecule has 3 amide bonds. The Morgan fingerprint density at radius 3 is 2.52 bits per heavy atom. The number of urea groups is 1. The topological polar surface area (TPSA) is 83.8 Å². The number of nitrogens with one attached hydrogen (secondary N) is 2. The summed E-state index contributed by atoms with van der Waals surface area (Å²) in [4.78, 5) is 26.8. The molecule has 2 aromatic carbocycles. The predicted molar refractivity (Wildman–Crippen MR) is 119 cm³/mol. The lowest BCUT2D eigenvalue weighted by molar-refractivity contribution is -0.121. The summed E-state index contributed by atoms with van der Waals surface area (Å²) < 4.78 is 10.7. The molecule has 0 aliphatic heterocycles. The Kier molecular flexibility index (Phi) is 8.11. The Bertz CT molecular complexity index is 958. The molecule has 7 nitrogen and oxygen atoms in total. The van der Waals surface area contributed by atoms with Gasteiger partial charge in [-0.05, 0) is 36.2 Å². The molecule has 0 aliphatic rings. The minimum Gasteiger partial charge on any atom is -0.495 e. The van der Waals surface area contributed by atoms with Gasteiger partial charge in [-0.15, -0.1) is 0 Å². The van der Waals surface area contributed by atoms with Crippen molar-refractivity contribution >= 4 is 17.6 Å². The fourth-order valence-corrected chi connectivity index (χ4v) is 3.10. The van der Waals surface area contributed by atoms with Crippen molar-refractivity contribution in [3.8, 4) is 5.75 Å². The van der Waals surface area contributed by atoms with Gasteiger partial charge in [0.2, 0.25) is 5.91 Å². The van der Waals surface area contributed by atoms with Crippen LogP contribution in [-0.2, 0) is 17.8 Å². The molecular weight excluding hydrogens is 394 g/mol. The third-order valence-electron chi connectivity index (χ3n) is 4.75. The minimum atomic E-state index is -0.335. The fraction of sp³-hybridized carbons (Fsp3) is 0.250. The summed E-state index contributed by atoms with van der Waals surface area (Å²) in [5.41, 5.74) is 1.73. The predicted octanol–water partition coefficient (Wildman–Crippen LogP) is 4.07. The second-order valence-corrected chi connectivity index (χ2v) is 6.97. The molecule has 7 heteroatoms. The molecule has 2 N–H and O–H groups in total. The molecule has 0 saturated carbocycles. The van der Waals surface area contributed by atoms with E-state index in [1.807, 2.05) is 42.5 Å². The van der Waals surface area contributed by atoms with Gasteiger partial charge in [-0.1, -0.05) is 42.5 Å². The number of ether oxygens (including phenoxy) is 1. The van der Waals surface area contributed by atoms with E-state index in [0.717, 1.165) is 6.42 Å². The first-order valence-electron chi connectivity index (χ1n) is 10.2. The zero-order valence-electron chi connectivity index (χ0n) is 17.5. The quantitative estimate of drug-likeness (QED) is 0.517. The van der Waals surface area contributed by atoms with Crippen LogP contribution in [0.5, 0.6) is 5.75 Å². The standard InChI is InChI=1S/C24H27N3O4/c1-30-22-12-6-5-11-21(22)26-24(29)27(18-20-10-7-17-31-20)16-14-23(28)25-15-13-19-8-3-2-4-9-19/h2-12,17H,13-16,18H2,1H3,(H,25,28)(H,26,29). The van der Waals surface area contributed by atoms with Crippen molar-refractivity contribution in [2.24, 2.45) is 0 Å². The van der Waals surface area contributed by atoms with Crippen LogP contribution in [0, 0.1) is 0 Å². The second kappa shape index (κ2) is 11.4. The van der Waals surface area contributed by atoms with E-state index in [9.17, 15) is 9.59 Å². The number of para-hydroxylation sites is 2. The molecular formula is C24H27N3O4. The Balaban J connectivity index is 1.55. The van der Waals surface area contributed by atoms with Gasteiger partial charge in [0.15, 0.2) is 0 Å². The lowest BCUT2D eigenvalue weighted by Gasteiger charge is -2.22. The number of benzene rings is 2. The van der Waals surface area contributed by atoms with Crippen molar-refractivity contribution in [2.45, 2.75) is 19.4 Å². The van der Waals surface area contributed by atoms with Crippen LogP contribution in [-0.4, -0.2) is 37.0 Å². The molecule has 0 aliphatic carbocycles. The monoisotopic (exact) mass is 421 g/mol. The molecule has 0 fully saturated rings. The molecule has 3 rings (SSSR count). The number of furan rings is 1. The maximum atomic E-state index is 12.9. The summed E-state index contributed by atoms with van der Waals surface area (Å²) in [5.74, 6) is 1.09. The van der Waals surface area contributed by atoms with E-state index in [-0.39, 0.29) is 31.4 Å². The zero-order valence-corrected chi connectivity index (χ0v) is 17.5. The average molecular weight is 421 g/mol. The number of methoxy groups -OCH3 is 1. The van der Waals surface area contributed by atoms with E-state index in [1.54, 1.807) is 42.5 Å². The minimum absolute atomic E-state index is 0.106. The van der Waals surface area contributed by atoms with Gasteiger partial charge in [-0.3, -0.25) is 4.79 Å². The molecule has 1 aromatic heterocycles. The highest BCUT2D eigenvalue weighted by Gasteiger charge is 2.18. The molecule has 0 bridgehead atoms. The average Bonchev–Trinajstić information content (AvgIpc) is 3.31. The first kappa shape index (κ1) is 22.0. The third-order valence-corrected chi connectivity index (χ3v) is 4.75. The van der Waals surface area contributed by atoms with Gasteiger partial charge in [0, 0.05) is 19.5 Å².